The van der Waals surface area contributed by atoms with Crippen molar-refractivity contribution in [1.29, 1.82) is 0 Å². The smallest absolute Gasteiger partial charge is 0.136 e. The Kier molecular flexibility index (Phi) is 3.54. The molecule has 0 aliphatic carbocycles. The number of aryl methyl sites for hydroxylation is 1. The first kappa shape index (κ1) is 10.8. The summed E-state index contributed by atoms with van der Waals surface area (Å²) in [6, 6.07) is 0. The van der Waals surface area contributed by atoms with Crippen LogP contribution in [0.4, 0.5) is 0 Å². The fourth-order valence-corrected chi connectivity index (χ4v) is 2.18. The van der Waals surface area contributed by atoms with E-state index in [1.165, 1.54) is 0 Å². The average Bonchev–Trinajstić information content (AvgIpc) is 2.43. The summed E-state index contributed by atoms with van der Waals surface area (Å²) in [6.45, 7) is 4.10. The zero-order valence-corrected chi connectivity index (χ0v) is 9.77. The van der Waals surface area contributed by atoms with Gasteiger partial charge in [0.25, 0.3) is 0 Å². The van der Waals surface area contributed by atoms with Gasteiger partial charge in [0.05, 0.1) is 5.69 Å². The van der Waals surface area contributed by atoms with Crippen molar-refractivity contribution < 1.29 is 0 Å². The minimum absolute atomic E-state index is 0.659. The van der Waals surface area contributed by atoms with E-state index < -0.39 is 0 Å². The van der Waals surface area contributed by atoms with E-state index in [4.69, 9.17) is 11.6 Å². The van der Waals surface area contributed by atoms with Gasteiger partial charge < -0.3 is 5.32 Å². The second-order valence-corrected chi connectivity index (χ2v) is 4.21. The third kappa shape index (κ3) is 2.47. The molecular formula is C11H16ClN3. The minimum atomic E-state index is 0.659. The molecule has 4 heteroatoms. The van der Waals surface area contributed by atoms with Gasteiger partial charge in [0.15, 0.2) is 0 Å². The van der Waals surface area contributed by atoms with Gasteiger partial charge in [-0.15, -0.1) is 0 Å². The van der Waals surface area contributed by atoms with E-state index in [-0.39, 0.29) is 0 Å². The molecule has 0 atom stereocenters. The Morgan fingerprint density at radius 2 is 2.07 bits per heavy atom. The number of nitrogens with zero attached hydrogens (tertiary/aromatic N) is 2. The molecule has 1 aromatic heterocycles. The van der Waals surface area contributed by atoms with E-state index in [2.05, 4.69) is 22.2 Å². The lowest BCUT2D eigenvalue weighted by atomic mass is 10.1. The molecule has 3 nitrogen and oxygen atoms in total. The van der Waals surface area contributed by atoms with Gasteiger partial charge in [-0.25, -0.2) is 9.97 Å². The highest BCUT2D eigenvalue weighted by molar-refractivity contribution is 6.30. The van der Waals surface area contributed by atoms with Crippen LogP contribution in [0, 0.1) is 0 Å². The Bertz CT molecular complexity index is 352. The predicted octanol–water partition coefficient (Wildman–Crippen LogP) is 1.77. The summed E-state index contributed by atoms with van der Waals surface area (Å²) >= 11 is 6.18. The predicted molar refractivity (Wildman–Crippen MR) is 61.3 cm³/mol. The zero-order valence-electron chi connectivity index (χ0n) is 9.02. The Hall–Kier alpha value is -0.670. The molecule has 2 rings (SSSR count). The summed E-state index contributed by atoms with van der Waals surface area (Å²) in [4.78, 5) is 8.93. The third-order valence-electron chi connectivity index (χ3n) is 2.65. The highest BCUT2D eigenvalue weighted by atomic mass is 35.5. The van der Waals surface area contributed by atoms with E-state index in [1.54, 1.807) is 0 Å². The number of fused-ring (bicyclic) bond motifs is 1. The molecule has 0 saturated heterocycles. The third-order valence-corrected chi connectivity index (χ3v) is 2.97. The topological polar surface area (TPSA) is 37.8 Å². The van der Waals surface area contributed by atoms with Gasteiger partial charge in [0.2, 0.25) is 0 Å². The minimum Gasteiger partial charge on any atom is -0.316 e. The summed E-state index contributed by atoms with van der Waals surface area (Å²) in [6.07, 6.45) is 3.89. The number of rotatable bonds is 2. The molecular weight excluding hydrogens is 210 g/mol. The SMILES string of the molecule is CCCc1nc(Cl)c2c(n1)CCNCC2. The van der Waals surface area contributed by atoms with Gasteiger partial charge in [0, 0.05) is 24.9 Å². The molecule has 0 fully saturated rings. The van der Waals surface area contributed by atoms with Crippen molar-refractivity contribution in [2.45, 2.75) is 32.6 Å². The van der Waals surface area contributed by atoms with Gasteiger partial charge in [-0.3, -0.25) is 0 Å². The zero-order chi connectivity index (χ0) is 10.7. The molecule has 2 heterocycles. The van der Waals surface area contributed by atoms with Crippen LogP contribution >= 0.6 is 11.6 Å². The summed E-state index contributed by atoms with van der Waals surface area (Å²) in [5.41, 5.74) is 2.28. The molecule has 0 aromatic carbocycles. The highest BCUT2D eigenvalue weighted by Crippen LogP contribution is 2.19. The Labute approximate surface area is 95.3 Å². The first-order valence-electron chi connectivity index (χ1n) is 5.56. The summed E-state index contributed by atoms with van der Waals surface area (Å²) in [7, 11) is 0. The molecule has 0 radical (unpaired) electrons. The van der Waals surface area contributed by atoms with Gasteiger partial charge >= 0.3 is 0 Å². The number of hydrogen-bond acceptors (Lipinski definition) is 3. The molecule has 0 spiro atoms. The molecule has 0 saturated carbocycles. The van der Waals surface area contributed by atoms with Crippen molar-refractivity contribution in [3.63, 3.8) is 0 Å². The largest absolute Gasteiger partial charge is 0.316 e. The van der Waals surface area contributed by atoms with Crippen molar-refractivity contribution in [2.24, 2.45) is 0 Å². The van der Waals surface area contributed by atoms with E-state index >= 15 is 0 Å². The highest BCUT2D eigenvalue weighted by Gasteiger charge is 2.14. The van der Waals surface area contributed by atoms with Crippen LogP contribution in [0.25, 0.3) is 0 Å². The van der Waals surface area contributed by atoms with Crippen molar-refractivity contribution in [1.82, 2.24) is 15.3 Å². The fraction of sp³-hybridized carbons (Fsp3) is 0.636. The van der Waals surface area contributed by atoms with E-state index in [1.807, 2.05) is 0 Å². The van der Waals surface area contributed by atoms with Crippen LogP contribution in [0.5, 0.6) is 0 Å². The summed E-state index contributed by atoms with van der Waals surface area (Å²) < 4.78 is 0. The van der Waals surface area contributed by atoms with Crippen molar-refractivity contribution in [3.05, 3.63) is 22.2 Å². The first-order valence-corrected chi connectivity index (χ1v) is 5.94. The molecule has 0 amide bonds. The van der Waals surface area contributed by atoms with Crippen LogP contribution in [0.15, 0.2) is 0 Å². The van der Waals surface area contributed by atoms with Crippen LogP contribution in [-0.2, 0) is 19.3 Å². The van der Waals surface area contributed by atoms with Crippen LogP contribution in [-0.4, -0.2) is 23.1 Å². The molecule has 0 unspecified atom stereocenters. The van der Waals surface area contributed by atoms with Crippen LogP contribution in [0.2, 0.25) is 5.15 Å². The van der Waals surface area contributed by atoms with Crippen molar-refractivity contribution in [2.75, 3.05) is 13.1 Å². The van der Waals surface area contributed by atoms with E-state index in [0.29, 0.717) is 5.15 Å². The van der Waals surface area contributed by atoms with Gasteiger partial charge in [0.1, 0.15) is 11.0 Å². The van der Waals surface area contributed by atoms with Crippen molar-refractivity contribution in [3.8, 4) is 0 Å². The molecule has 0 bridgehead atoms. The normalized spacial score (nSPS) is 15.9. The molecule has 1 aliphatic rings. The van der Waals surface area contributed by atoms with Gasteiger partial charge in [-0.05, 0) is 19.4 Å². The Morgan fingerprint density at radius 3 is 2.87 bits per heavy atom. The number of halogens is 1. The molecule has 1 N–H and O–H groups in total. The quantitative estimate of drug-likeness (QED) is 0.780. The maximum atomic E-state index is 6.18. The van der Waals surface area contributed by atoms with E-state index in [0.717, 1.165) is 55.9 Å². The molecule has 15 heavy (non-hydrogen) atoms. The molecule has 1 aromatic rings. The lowest BCUT2D eigenvalue weighted by Gasteiger charge is -2.08. The monoisotopic (exact) mass is 225 g/mol. The van der Waals surface area contributed by atoms with Crippen molar-refractivity contribution >= 4 is 11.6 Å². The Balaban J connectivity index is 2.35. The van der Waals surface area contributed by atoms with Gasteiger partial charge in [-0.1, -0.05) is 18.5 Å². The molecule has 82 valence electrons. The average molecular weight is 226 g/mol. The summed E-state index contributed by atoms with van der Waals surface area (Å²) in [5, 5.41) is 4.01. The number of aromatic nitrogens is 2. The van der Waals surface area contributed by atoms with Crippen LogP contribution in [0.3, 0.4) is 0 Å². The van der Waals surface area contributed by atoms with Crippen LogP contribution < -0.4 is 5.32 Å². The lowest BCUT2D eigenvalue weighted by molar-refractivity contribution is 0.707. The number of hydrogen-bond donors (Lipinski definition) is 1. The standard InChI is InChI=1S/C11H16ClN3/c1-2-3-10-14-9-5-7-13-6-4-8(9)11(12)15-10/h13H,2-7H2,1H3. The fourth-order valence-electron chi connectivity index (χ4n) is 1.88. The Morgan fingerprint density at radius 1 is 1.27 bits per heavy atom. The first-order chi connectivity index (χ1) is 7.31. The lowest BCUT2D eigenvalue weighted by Crippen LogP contribution is -2.16. The van der Waals surface area contributed by atoms with Crippen LogP contribution in [0.1, 0.15) is 30.4 Å². The van der Waals surface area contributed by atoms with Gasteiger partial charge in [-0.2, -0.15) is 0 Å². The van der Waals surface area contributed by atoms with E-state index in [9.17, 15) is 0 Å². The second-order valence-electron chi connectivity index (χ2n) is 3.86. The summed E-state index contributed by atoms with van der Waals surface area (Å²) in [5.74, 6) is 0.892. The maximum absolute atomic E-state index is 6.18. The molecule has 1 aliphatic heterocycles. The number of nitrogens with one attached hydrogen (secondary N) is 1. The maximum Gasteiger partial charge on any atom is 0.136 e. The second kappa shape index (κ2) is 4.90.